The third-order valence-corrected chi connectivity index (χ3v) is 1.28. The molecule has 0 aliphatic heterocycles. The molecule has 0 aliphatic rings. The summed E-state index contributed by atoms with van der Waals surface area (Å²) in [6, 6.07) is 3.02. The summed E-state index contributed by atoms with van der Waals surface area (Å²) in [7, 11) is 1.62. The zero-order valence-electron chi connectivity index (χ0n) is 6.00. The summed E-state index contributed by atoms with van der Waals surface area (Å²) in [5, 5.41) is 13.0. The van der Waals surface area contributed by atoms with Crippen molar-refractivity contribution in [2.75, 3.05) is 12.4 Å². The number of pyridine rings is 1. The Kier molecular flexibility index (Phi) is 2.00. The number of hydrogen-bond acceptors (Lipinski definition) is 3. The van der Waals surface area contributed by atoms with Crippen LogP contribution in [0.2, 0.25) is 0 Å². The van der Waals surface area contributed by atoms with Crippen molar-refractivity contribution < 1.29 is 9.91 Å². The minimum atomic E-state index is -0.442. The van der Waals surface area contributed by atoms with E-state index in [1.165, 1.54) is 6.07 Å². The molecule has 1 rings (SSSR count). The van der Waals surface area contributed by atoms with Crippen molar-refractivity contribution >= 4 is 11.5 Å². The first-order valence-corrected chi connectivity index (χ1v) is 3.08. The van der Waals surface area contributed by atoms with Gasteiger partial charge in [0.05, 0.1) is 18.2 Å². The van der Waals surface area contributed by atoms with Crippen LogP contribution in [0.3, 0.4) is 0 Å². The number of aromatic nitrogens is 1. The van der Waals surface area contributed by atoms with E-state index >= 15 is 0 Å². The molecule has 0 saturated carbocycles. The van der Waals surface area contributed by atoms with E-state index in [2.05, 4.69) is 10.3 Å². The minimum absolute atomic E-state index is 0.0509. The molecule has 0 unspecified atom stereocenters. The fourth-order valence-electron chi connectivity index (χ4n) is 0.780. The normalized spacial score (nSPS) is 9.18. The molecule has 0 spiro atoms. The van der Waals surface area contributed by atoms with Crippen LogP contribution in [0.5, 0.6) is 0 Å². The van der Waals surface area contributed by atoms with Crippen LogP contribution in [0.25, 0.3) is 0 Å². The zero-order valence-corrected chi connectivity index (χ0v) is 6.00. The maximum atomic E-state index is 10.3. The van der Waals surface area contributed by atoms with Crippen LogP contribution in [-0.4, -0.2) is 12.0 Å². The predicted molar refractivity (Wildman–Crippen MR) is 39.2 cm³/mol. The summed E-state index contributed by atoms with van der Waals surface area (Å²) in [6.07, 6.45) is 1.62. The first kappa shape index (κ1) is 7.46. The third kappa shape index (κ3) is 1.43. The van der Waals surface area contributed by atoms with Gasteiger partial charge in [-0.1, -0.05) is 0 Å². The van der Waals surface area contributed by atoms with Crippen molar-refractivity contribution in [1.82, 2.24) is 0 Å². The Morgan fingerprint density at radius 1 is 1.73 bits per heavy atom. The average Bonchev–Trinajstić information content (AvgIpc) is 2.04. The fourth-order valence-corrected chi connectivity index (χ4v) is 0.780. The second kappa shape index (κ2) is 2.96. The maximum absolute atomic E-state index is 10.3. The van der Waals surface area contributed by atoms with Crippen molar-refractivity contribution in [3.05, 3.63) is 28.4 Å². The van der Waals surface area contributed by atoms with Gasteiger partial charge in [-0.15, -0.1) is 0 Å². The molecule has 0 radical (unpaired) electrons. The van der Waals surface area contributed by atoms with Crippen molar-refractivity contribution in [1.29, 1.82) is 0 Å². The van der Waals surface area contributed by atoms with Crippen LogP contribution in [0, 0.1) is 10.1 Å². The van der Waals surface area contributed by atoms with E-state index in [4.69, 9.17) is 0 Å². The Balaban J connectivity index is 3.12. The number of rotatable bonds is 2. The van der Waals surface area contributed by atoms with Gasteiger partial charge in [0.25, 0.3) is 0 Å². The van der Waals surface area contributed by atoms with E-state index < -0.39 is 4.92 Å². The van der Waals surface area contributed by atoms with Crippen molar-refractivity contribution in [2.24, 2.45) is 0 Å². The molecular weight excluding hydrogens is 146 g/mol. The quantitative estimate of drug-likeness (QED) is 0.496. The van der Waals surface area contributed by atoms with Crippen LogP contribution in [0.1, 0.15) is 0 Å². The van der Waals surface area contributed by atoms with E-state index in [1.807, 2.05) is 0 Å². The van der Waals surface area contributed by atoms with Crippen molar-refractivity contribution in [3.8, 4) is 0 Å². The lowest BCUT2D eigenvalue weighted by Gasteiger charge is -1.91. The van der Waals surface area contributed by atoms with E-state index in [-0.39, 0.29) is 5.69 Å². The molecular formula is C6H8N3O2+. The van der Waals surface area contributed by atoms with Crippen LogP contribution in [-0.2, 0) is 0 Å². The Morgan fingerprint density at radius 3 is 2.91 bits per heavy atom. The van der Waals surface area contributed by atoms with Gasteiger partial charge in [-0.05, 0) is 6.07 Å². The molecule has 5 heteroatoms. The van der Waals surface area contributed by atoms with Crippen LogP contribution >= 0.6 is 0 Å². The SMILES string of the molecule is CNc1[nH+]cccc1[N+](=O)[O-]. The highest BCUT2D eigenvalue weighted by Crippen LogP contribution is 2.15. The minimum Gasteiger partial charge on any atom is -0.271 e. The summed E-state index contributed by atoms with van der Waals surface area (Å²) >= 11 is 0. The lowest BCUT2D eigenvalue weighted by atomic mass is 10.4. The van der Waals surface area contributed by atoms with Crippen LogP contribution < -0.4 is 10.3 Å². The zero-order chi connectivity index (χ0) is 8.27. The fraction of sp³-hybridized carbons (Fsp3) is 0.167. The Morgan fingerprint density at radius 2 is 2.45 bits per heavy atom. The van der Waals surface area contributed by atoms with Gasteiger partial charge >= 0.3 is 11.5 Å². The van der Waals surface area contributed by atoms with Crippen LogP contribution in [0.15, 0.2) is 18.3 Å². The molecule has 0 aromatic carbocycles. The lowest BCUT2D eigenvalue weighted by Crippen LogP contribution is -2.11. The molecule has 11 heavy (non-hydrogen) atoms. The van der Waals surface area contributed by atoms with Gasteiger partial charge in [0.1, 0.15) is 0 Å². The van der Waals surface area contributed by atoms with Gasteiger partial charge in [-0.3, -0.25) is 15.4 Å². The molecule has 0 fully saturated rings. The molecule has 1 aromatic heterocycles. The monoisotopic (exact) mass is 154 g/mol. The molecule has 2 N–H and O–H groups in total. The largest absolute Gasteiger partial charge is 0.357 e. The molecule has 0 aliphatic carbocycles. The summed E-state index contributed by atoms with van der Waals surface area (Å²) < 4.78 is 0. The summed E-state index contributed by atoms with van der Waals surface area (Å²) in [5.41, 5.74) is 0.0509. The van der Waals surface area contributed by atoms with E-state index in [0.29, 0.717) is 5.82 Å². The lowest BCUT2D eigenvalue weighted by molar-refractivity contribution is -0.409. The first-order valence-electron chi connectivity index (χ1n) is 3.08. The molecule has 0 saturated heterocycles. The van der Waals surface area contributed by atoms with Gasteiger partial charge < -0.3 is 0 Å². The highest BCUT2D eigenvalue weighted by molar-refractivity contribution is 5.50. The number of anilines is 1. The van der Waals surface area contributed by atoms with E-state index in [1.54, 1.807) is 19.3 Å². The van der Waals surface area contributed by atoms with Gasteiger partial charge in [0.2, 0.25) is 0 Å². The third-order valence-electron chi connectivity index (χ3n) is 1.28. The Hall–Kier alpha value is -1.65. The summed E-state index contributed by atoms with van der Waals surface area (Å²) in [6.45, 7) is 0. The molecule has 5 nitrogen and oxygen atoms in total. The van der Waals surface area contributed by atoms with Crippen molar-refractivity contribution in [2.45, 2.75) is 0 Å². The average molecular weight is 154 g/mol. The topological polar surface area (TPSA) is 69.3 Å². The van der Waals surface area contributed by atoms with Gasteiger partial charge in [-0.25, -0.2) is 4.98 Å². The van der Waals surface area contributed by atoms with Crippen molar-refractivity contribution in [3.63, 3.8) is 0 Å². The van der Waals surface area contributed by atoms with Gasteiger partial charge in [0.15, 0.2) is 0 Å². The Labute approximate surface area is 63.2 Å². The second-order valence-electron chi connectivity index (χ2n) is 1.94. The number of nitrogens with one attached hydrogen (secondary N) is 2. The maximum Gasteiger partial charge on any atom is 0.357 e. The van der Waals surface area contributed by atoms with Gasteiger partial charge in [-0.2, -0.15) is 0 Å². The highest BCUT2D eigenvalue weighted by atomic mass is 16.6. The molecule has 1 heterocycles. The first-order chi connectivity index (χ1) is 5.25. The molecule has 58 valence electrons. The number of nitrogens with zero attached hydrogens (tertiary/aromatic N) is 1. The van der Waals surface area contributed by atoms with Crippen LogP contribution in [0.4, 0.5) is 11.5 Å². The summed E-state index contributed by atoms with van der Waals surface area (Å²) in [5.74, 6) is 0.414. The smallest absolute Gasteiger partial charge is 0.271 e. The number of aromatic amines is 1. The molecule has 0 amide bonds. The van der Waals surface area contributed by atoms with Gasteiger partial charge in [0, 0.05) is 6.07 Å². The number of H-pyrrole nitrogens is 1. The highest BCUT2D eigenvalue weighted by Gasteiger charge is 2.16. The number of hydrogen-bond donors (Lipinski definition) is 1. The molecule has 1 aromatic rings. The number of nitro groups is 1. The molecule has 0 bridgehead atoms. The second-order valence-corrected chi connectivity index (χ2v) is 1.94. The molecule has 0 atom stereocenters. The Bertz CT molecular complexity index is 274. The summed E-state index contributed by atoms with van der Waals surface area (Å²) in [4.78, 5) is 12.6. The van der Waals surface area contributed by atoms with E-state index in [0.717, 1.165) is 0 Å². The predicted octanol–water partition coefficient (Wildman–Crippen LogP) is 0.451. The van der Waals surface area contributed by atoms with E-state index in [9.17, 15) is 10.1 Å². The standard InChI is InChI=1S/C6H7N3O2/c1-7-6-5(9(10)11)3-2-4-8-6/h2-4H,1H3,(H,7,8)/p+1.